The predicted molar refractivity (Wildman–Crippen MR) is 121 cm³/mol. The van der Waals surface area contributed by atoms with Crippen LogP contribution in [-0.2, 0) is 9.59 Å². The van der Waals surface area contributed by atoms with Crippen molar-refractivity contribution in [1.29, 1.82) is 0 Å². The van der Waals surface area contributed by atoms with Crippen LogP contribution in [-0.4, -0.2) is 30.1 Å². The van der Waals surface area contributed by atoms with E-state index in [4.69, 9.17) is 13.9 Å². The number of carbonyl (C=O) groups is 2. The van der Waals surface area contributed by atoms with Crippen molar-refractivity contribution in [3.05, 3.63) is 66.7 Å². The van der Waals surface area contributed by atoms with Gasteiger partial charge < -0.3 is 24.1 Å². The summed E-state index contributed by atoms with van der Waals surface area (Å²) in [7, 11) is 0. The number of nitrogens with zero attached hydrogens (tertiary/aromatic N) is 2. The number of amides is 2. The number of hydrogen-bond acceptors (Lipinski definition) is 6. The fourth-order valence-corrected chi connectivity index (χ4v) is 4.12. The molecule has 2 amide bonds. The number of fused-ring (bicyclic) bond motifs is 2. The molecular formula is C25H19N3O5. The highest BCUT2D eigenvalue weighted by Crippen LogP contribution is 2.37. The summed E-state index contributed by atoms with van der Waals surface area (Å²) in [6, 6.07) is 20.2. The Morgan fingerprint density at radius 1 is 1.00 bits per heavy atom. The van der Waals surface area contributed by atoms with Crippen LogP contribution in [0.15, 0.2) is 71.1 Å². The van der Waals surface area contributed by atoms with Gasteiger partial charge in [-0.1, -0.05) is 12.1 Å². The molecule has 6 rings (SSSR count). The average Bonchev–Trinajstić information content (AvgIpc) is 3.56. The lowest BCUT2D eigenvalue weighted by Crippen LogP contribution is -2.28. The number of oxazole rings is 1. The monoisotopic (exact) mass is 441 g/mol. The second-order valence-electron chi connectivity index (χ2n) is 8.00. The largest absolute Gasteiger partial charge is 0.454 e. The molecule has 0 spiro atoms. The third kappa shape index (κ3) is 3.55. The molecule has 8 heteroatoms. The maximum Gasteiger partial charge on any atom is 0.231 e. The van der Waals surface area contributed by atoms with E-state index in [1.165, 1.54) is 0 Å². The molecule has 3 aromatic carbocycles. The van der Waals surface area contributed by atoms with E-state index in [0.29, 0.717) is 35.3 Å². The van der Waals surface area contributed by atoms with Gasteiger partial charge in [0, 0.05) is 36.0 Å². The number of ether oxygens (including phenoxy) is 2. The number of aromatic nitrogens is 1. The van der Waals surface area contributed by atoms with Gasteiger partial charge in [-0.05, 0) is 48.5 Å². The Balaban J connectivity index is 1.13. The minimum absolute atomic E-state index is 0.0969. The van der Waals surface area contributed by atoms with E-state index in [9.17, 15) is 9.59 Å². The third-order valence-corrected chi connectivity index (χ3v) is 5.86. The van der Waals surface area contributed by atoms with Crippen LogP contribution in [0, 0.1) is 5.92 Å². The van der Waals surface area contributed by atoms with E-state index in [0.717, 1.165) is 16.7 Å². The van der Waals surface area contributed by atoms with E-state index in [-0.39, 0.29) is 25.0 Å². The van der Waals surface area contributed by atoms with Crippen LogP contribution in [0.4, 0.5) is 11.4 Å². The summed E-state index contributed by atoms with van der Waals surface area (Å²) in [5, 5.41) is 2.91. The van der Waals surface area contributed by atoms with Crippen LogP contribution in [0.1, 0.15) is 6.42 Å². The van der Waals surface area contributed by atoms with Crippen LogP contribution in [0.3, 0.4) is 0 Å². The second-order valence-corrected chi connectivity index (χ2v) is 8.00. The summed E-state index contributed by atoms with van der Waals surface area (Å²) in [6.07, 6.45) is 0.154. The van der Waals surface area contributed by atoms with Gasteiger partial charge in [-0.3, -0.25) is 9.59 Å². The second kappa shape index (κ2) is 7.67. The van der Waals surface area contributed by atoms with Crippen LogP contribution >= 0.6 is 0 Å². The minimum atomic E-state index is -0.445. The molecule has 1 N–H and O–H groups in total. The lowest BCUT2D eigenvalue weighted by atomic mass is 10.1. The SMILES string of the molecule is O=C(Nc1ccc(-c2nc3ccccc3o2)cc1)[C@@H]1CC(=O)N(c2ccc3c(c2)OCO3)C1. The van der Waals surface area contributed by atoms with Crippen LogP contribution in [0.25, 0.3) is 22.6 Å². The van der Waals surface area contributed by atoms with Gasteiger partial charge in [-0.2, -0.15) is 0 Å². The van der Waals surface area contributed by atoms with Crippen molar-refractivity contribution < 1.29 is 23.5 Å². The first-order valence-electron chi connectivity index (χ1n) is 10.6. The number of rotatable bonds is 4. The molecule has 0 unspecified atom stereocenters. The summed E-state index contributed by atoms with van der Waals surface area (Å²) in [5.74, 6) is 1.05. The van der Waals surface area contributed by atoms with Crippen molar-refractivity contribution >= 4 is 34.3 Å². The first-order chi connectivity index (χ1) is 16.1. The van der Waals surface area contributed by atoms with Gasteiger partial charge in [0.1, 0.15) is 5.52 Å². The molecule has 0 aliphatic carbocycles. The van der Waals surface area contributed by atoms with Crippen molar-refractivity contribution in [2.24, 2.45) is 5.92 Å². The van der Waals surface area contributed by atoms with Crippen molar-refractivity contribution in [2.45, 2.75) is 6.42 Å². The third-order valence-electron chi connectivity index (χ3n) is 5.86. The molecule has 33 heavy (non-hydrogen) atoms. The standard InChI is InChI=1S/C25H19N3O5/c29-23-11-16(13-28(23)18-9-10-21-22(12-18)32-14-31-21)24(30)26-17-7-5-15(6-8-17)25-27-19-3-1-2-4-20(19)33-25/h1-10,12,16H,11,13-14H2,(H,26,30)/t16-/m1/s1. The zero-order chi connectivity index (χ0) is 22.4. The Morgan fingerprint density at radius 3 is 2.67 bits per heavy atom. The maximum atomic E-state index is 12.8. The van der Waals surface area contributed by atoms with E-state index in [1.54, 1.807) is 35.2 Å². The summed E-state index contributed by atoms with van der Waals surface area (Å²) in [5.41, 5.74) is 3.68. The Labute approximate surface area is 188 Å². The van der Waals surface area contributed by atoms with Gasteiger partial charge in [-0.25, -0.2) is 4.98 Å². The predicted octanol–water partition coefficient (Wildman–Crippen LogP) is 4.22. The normalized spacial score (nSPS) is 17.0. The molecule has 0 radical (unpaired) electrons. The van der Waals surface area contributed by atoms with Gasteiger partial charge >= 0.3 is 0 Å². The molecule has 1 fully saturated rings. The average molecular weight is 441 g/mol. The highest BCUT2D eigenvalue weighted by molar-refractivity contribution is 6.03. The lowest BCUT2D eigenvalue weighted by molar-refractivity contribution is -0.122. The Hall–Kier alpha value is -4.33. The van der Waals surface area contributed by atoms with Crippen LogP contribution < -0.4 is 19.7 Å². The molecule has 2 aliphatic heterocycles. The van der Waals surface area contributed by atoms with Gasteiger partial charge in [0.05, 0.1) is 5.92 Å². The first kappa shape index (κ1) is 19.4. The Morgan fingerprint density at radius 2 is 1.82 bits per heavy atom. The molecule has 164 valence electrons. The molecule has 1 aromatic heterocycles. The maximum absolute atomic E-state index is 12.8. The summed E-state index contributed by atoms with van der Waals surface area (Å²) >= 11 is 0. The molecule has 0 saturated carbocycles. The molecule has 8 nitrogen and oxygen atoms in total. The van der Waals surface area contributed by atoms with E-state index >= 15 is 0 Å². The minimum Gasteiger partial charge on any atom is -0.454 e. The molecule has 0 bridgehead atoms. The zero-order valence-electron chi connectivity index (χ0n) is 17.5. The fraction of sp³-hybridized carbons (Fsp3) is 0.160. The number of anilines is 2. The molecule has 2 aliphatic rings. The highest BCUT2D eigenvalue weighted by Gasteiger charge is 2.35. The summed E-state index contributed by atoms with van der Waals surface area (Å²) < 4.78 is 16.5. The topological polar surface area (TPSA) is 93.9 Å². The van der Waals surface area contributed by atoms with Crippen LogP contribution in [0.2, 0.25) is 0 Å². The molecule has 1 saturated heterocycles. The molecular weight excluding hydrogens is 422 g/mol. The van der Waals surface area contributed by atoms with Crippen molar-refractivity contribution in [1.82, 2.24) is 4.98 Å². The molecule has 3 heterocycles. The molecule has 4 aromatic rings. The number of para-hydroxylation sites is 2. The Kier molecular flexibility index (Phi) is 4.50. The summed E-state index contributed by atoms with van der Waals surface area (Å²) in [6.45, 7) is 0.480. The van der Waals surface area contributed by atoms with E-state index < -0.39 is 5.92 Å². The first-order valence-corrected chi connectivity index (χ1v) is 10.6. The number of nitrogens with one attached hydrogen (secondary N) is 1. The summed E-state index contributed by atoms with van der Waals surface area (Å²) in [4.78, 5) is 31.5. The van der Waals surface area contributed by atoms with Gasteiger partial charge in [0.25, 0.3) is 0 Å². The smallest absolute Gasteiger partial charge is 0.231 e. The van der Waals surface area contributed by atoms with Gasteiger partial charge in [0.15, 0.2) is 17.1 Å². The van der Waals surface area contributed by atoms with E-state index in [1.807, 2.05) is 36.4 Å². The zero-order valence-corrected chi connectivity index (χ0v) is 17.5. The Bertz CT molecular complexity index is 1350. The lowest BCUT2D eigenvalue weighted by Gasteiger charge is -2.17. The fourth-order valence-electron chi connectivity index (χ4n) is 4.12. The van der Waals surface area contributed by atoms with E-state index in [2.05, 4.69) is 10.3 Å². The van der Waals surface area contributed by atoms with Crippen molar-refractivity contribution in [2.75, 3.05) is 23.6 Å². The molecule has 1 atom stereocenters. The number of hydrogen-bond donors (Lipinski definition) is 1. The highest BCUT2D eigenvalue weighted by atomic mass is 16.7. The van der Waals surface area contributed by atoms with Crippen molar-refractivity contribution in [3.63, 3.8) is 0 Å². The quantitative estimate of drug-likeness (QED) is 0.510. The van der Waals surface area contributed by atoms with Crippen molar-refractivity contribution in [3.8, 4) is 23.0 Å². The van der Waals surface area contributed by atoms with Gasteiger partial charge in [-0.15, -0.1) is 0 Å². The number of carbonyl (C=O) groups excluding carboxylic acids is 2. The van der Waals surface area contributed by atoms with Crippen LogP contribution in [0.5, 0.6) is 11.5 Å². The number of benzene rings is 3. The van der Waals surface area contributed by atoms with Gasteiger partial charge in [0.2, 0.25) is 24.5 Å².